The highest BCUT2D eigenvalue weighted by atomic mass is 16.2. The van der Waals surface area contributed by atoms with E-state index >= 15 is 0 Å². The minimum absolute atomic E-state index is 0.111. The van der Waals surface area contributed by atoms with Gasteiger partial charge in [0.05, 0.1) is 28.9 Å². The number of hydrogen-bond acceptors (Lipinski definition) is 6. The highest BCUT2D eigenvalue weighted by Crippen LogP contribution is 2.24. The van der Waals surface area contributed by atoms with Crippen molar-refractivity contribution in [3.8, 4) is 11.3 Å². The SMILES string of the molecule is CC(=O)Nc1cc(C(=N)/C=C\c2ncc(-c3ccc(N)cc3)[nH]2)ccc1C(=O)N1CCC(N(C)C)CC1. The minimum Gasteiger partial charge on any atom is -0.399 e. The van der Waals surface area contributed by atoms with Crippen molar-refractivity contribution in [2.45, 2.75) is 25.8 Å². The van der Waals surface area contributed by atoms with E-state index in [4.69, 9.17) is 11.1 Å². The van der Waals surface area contributed by atoms with Gasteiger partial charge in [0.2, 0.25) is 5.91 Å². The summed E-state index contributed by atoms with van der Waals surface area (Å²) in [6.45, 7) is 2.75. The van der Waals surface area contributed by atoms with E-state index in [0.29, 0.717) is 47.5 Å². The molecule has 2 heterocycles. The zero-order valence-corrected chi connectivity index (χ0v) is 21.4. The summed E-state index contributed by atoms with van der Waals surface area (Å²) in [5.74, 6) is 0.220. The fraction of sp³-hybridized carbons (Fsp3) is 0.286. The van der Waals surface area contributed by atoms with Crippen molar-refractivity contribution in [1.29, 1.82) is 5.41 Å². The van der Waals surface area contributed by atoms with Gasteiger partial charge in [0, 0.05) is 37.3 Å². The van der Waals surface area contributed by atoms with Gasteiger partial charge in [0.15, 0.2) is 0 Å². The lowest BCUT2D eigenvalue weighted by molar-refractivity contribution is -0.114. The van der Waals surface area contributed by atoms with E-state index in [2.05, 4.69) is 34.3 Å². The number of carbonyl (C=O) groups is 2. The first kappa shape index (κ1) is 25.8. The van der Waals surface area contributed by atoms with Crippen LogP contribution >= 0.6 is 0 Å². The number of aromatic amines is 1. The van der Waals surface area contributed by atoms with E-state index in [1.807, 2.05) is 29.2 Å². The maximum atomic E-state index is 13.3. The quantitative estimate of drug-likeness (QED) is 0.290. The Kier molecular flexibility index (Phi) is 7.83. The molecule has 1 saturated heterocycles. The third-order valence-electron chi connectivity index (χ3n) is 6.58. The average Bonchev–Trinajstić information content (AvgIpc) is 3.36. The summed E-state index contributed by atoms with van der Waals surface area (Å²) in [5, 5.41) is 11.3. The highest BCUT2D eigenvalue weighted by Gasteiger charge is 2.26. The second-order valence-corrected chi connectivity index (χ2v) is 9.48. The van der Waals surface area contributed by atoms with Crippen LogP contribution < -0.4 is 11.1 Å². The maximum absolute atomic E-state index is 13.3. The number of rotatable bonds is 7. The van der Waals surface area contributed by atoms with Gasteiger partial charge in [-0.3, -0.25) is 9.59 Å². The molecule has 2 amide bonds. The molecular weight excluding hydrogens is 466 g/mol. The number of allylic oxidation sites excluding steroid dienone is 1. The Balaban J connectivity index is 1.49. The number of imidazole rings is 1. The molecule has 1 aliphatic rings. The molecule has 0 radical (unpaired) electrons. The Morgan fingerprint density at radius 3 is 2.51 bits per heavy atom. The van der Waals surface area contributed by atoms with E-state index in [1.165, 1.54) is 6.92 Å². The van der Waals surface area contributed by atoms with Gasteiger partial charge in [0.25, 0.3) is 5.91 Å². The van der Waals surface area contributed by atoms with Gasteiger partial charge in [-0.15, -0.1) is 0 Å². The lowest BCUT2D eigenvalue weighted by Crippen LogP contribution is -2.44. The van der Waals surface area contributed by atoms with E-state index < -0.39 is 0 Å². The van der Waals surface area contributed by atoms with Crippen molar-refractivity contribution in [2.75, 3.05) is 38.2 Å². The topological polar surface area (TPSA) is 131 Å². The lowest BCUT2D eigenvalue weighted by Gasteiger charge is -2.35. The molecule has 5 N–H and O–H groups in total. The summed E-state index contributed by atoms with van der Waals surface area (Å²) in [6.07, 6.45) is 6.90. The smallest absolute Gasteiger partial charge is 0.255 e. The summed E-state index contributed by atoms with van der Waals surface area (Å²) in [4.78, 5) is 36.8. The van der Waals surface area contributed by atoms with Crippen molar-refractivity contribution < 1.29 is 9.59 Å². The molecule has 0 unspecified atom stereocenters. The van der Waals surface area contributed by atoms with Gasteiger partial charge in [0.1, 0.15) is 5.82 Å². The summed E-state index contributed by atoms with van der Waals surface area (Å²) < 4.78 is 0. The Morgan fingerprint density at radius 2 is 1.86 bits per heavy atom. The van der Waals surface area contributed by atoms with Gasteiger partial charge in [-0.1, -0.05) is 18.2 Å². The number of amides is 2. The summed E-state index contributed by atoms with van der Waals surface area (Å²) in [6, 6.07) is 13.0. The number of carbonyl (C=O) groups excluding carboxylic acids is 2. The number of nitrogen functional groups attached to an aromatic ring is 1. The Labute approximate surface area is 216 Å². The molecule has 0 bridgehead atoms. The van der Waals surface area contributed by atoms with Crippen LogP contribution in [0.5, 0.6) is 0 Å². The molecule has 0 aliphatic carbocycles. The number of likely N-dealkylation sites (tertiary alicyclic amines) is 1. The molecule has 192 valence electrons. The average molecular weight is 500 g/mol. The van der Waals surface area contributed by atoms with Crippen LogP contribution in [0.1, 0.15) is 41.5 Å². The number of H-pyrrole nitrogens is 1. The van der Waals surface area contributed by atoms with Crippen molar-refractivity contribution >= 4 is 35.0 Å². The van der Waals surface area contributed by atoms with Crippen LogP contribution in [-0.2, 0) is 4.79 Å². The number of anilines is 2. The molecule has 3 aromatic rings. The number of benzene rings is 2. The number of piperidine rings is 1. The maximum Gasteiger partial charge on any atom is 0.255 e. The predicted molar refractivity (Wildman–Crippen MR) is 148 cm³/mol. The molecule has 9 heteroatoms. The fourth-order valence-electron chi connectivity index (χ4n) is 4.44. The molecule has 1 aromatic heterocycles. The van der Waals surface area contributed by atoms with Crippen LogP contribution in [0.15, 0.2) is 54.7 Å². The van der Waals surface area contributed by atoms with Crippen molar-refractivity contribution in [1.82, 2.24) is 19.8 Å². The van der Waals surface area contributed by atoms with Crippen LogP contribution in [0, 0.1) is 5.41 Å². The number of nitrogens with zero attached hydrogens (tertiary/aromatic N) is 3. The van der Waals surface area contributed by atoms with Gasteiger partial charge >= 0.3 is 0 Å². The number of nitrogens with one attached hydrogen (secondary N) is 3. The molecule has 9 nitrogen and oxygen atoms in total. The minimum atomic E-state index is -0.273. The largest absolute Gasteiger partial charge is 0.399 e. The zero-order chi connectivity index (χ0) is 26.5. The fourth-order valence-corrected chi connectivity index (χ4v) is 4.44. The Bertz CT molecular complexity index is 1320. The highest BCUT2D eigenvalue weighted by molar-refractivity contribution is 6.11. The van der Waals surface area contributed by atoms with Crippen molar-refractivity contribution in [2.24, 2.45) is 0 Å². The molecule has 0 spiro atoms. The lowest BCUT2D eigenvalue weighted by atomic mass is 10.0. The van der Waals surface area contributed by atoms with Crippen LogP contribution in [0.3, 0.4) is 0 Å². The number of nitrogens with two attached hydrogens (primary N) is 1. The summed E-state index contributed by atoms with van der Waals surface area (Å²) in [5.41, 5.74) is 9.89. The van der Waals surface area contributed by atoms with E-state index in [-0.39, 0.29) is 17.5 Å². The monoisotopic (exact) mass is 499 g/mol. The molecule has 0 saturated carbocycles. The van der Waals surface area contributed by atoms with E-state index in [1.54, 1.807) is 36.5 Å². The van der Waals surface area contributed by atoms with Crippen molar-refractivity contribution in [3.05, 3.63) is 71.7 Å². The zero-order valence-electron chi connectivity index (χ0n) is 21.4. The van der Waals surface area contributed by atoms with Crippen LogP contribution in [0.25, 0.3) is 17.3 Å². The van der Waals surface area contributed by atoms with E-state index in [9.17, 15) is 9.59 Å². The summed E-state index contributed by atoms with van der Waals surface area (Å²) >= 11 is 0. The van der Waals surface area contributed by atoms with Gasteiger partial charge in [-0.25, -0.2) is 4.98 Å². The second-order valence-electron chi connectivity index (χ2n) is 9.48. The van der Waals surface area contributed by atoms with Crippen LogP contribution in [0.4, 0.5) is 11.4 Å². The van der Waals surface area contributed by atoms with Gasteiger partial charge in [-0.05, 0) is 68.9 Å². The van der Waals surface area contributed by atoms with Gasteiger partial charge < -0.3 is 31.2 Å². The summed E-state index contributed by atoms with van der Waals surface area (Å²) in [7, 11) is 4.12. The first-order valence-electron chi connectivity index (χ1n) is 12.3. The number of hydrogen-bond donors (Lipinski definition) is 4. The molecule has 2 aromatic carbocycles. The third-order valence-corrected chi connectivity index (χ3v) is 6.58. The Morgan fingerprint density at radius 1 is 1.16 bits per heavy atom. The molecule has 1 fully saturated rings. The third kappa shape index (κ3) is 6.31. The molecule has 0 atom stereocenters. The van der Waals surface area contributed by atoms with Gasteiger partial charge in [-0.2, -0.15) is 0 Å². The van der Waals surface area contributed by atoms with Crippen LogP contribution in [-0.4, -0.2) is 70.5 Å². The molecular formula is C28H33N7O2. The predicted octanol–water partition coefficient (Wildman–Crippen LogP) is 3.86. The normalized spacial score (nSPS) is 14.3. The first-order chi connectivity index (χ1) is 17.7. The molecule has 37 heavy (non-hydrogen) atoms. The second kappa shape index (κ2) is 11.2. The molecule has 4 rings (SSSR count). The first-order valence-corrected chi connectivity index (χ1v) is 12.3. The van der Waals surface area contributed by atoms with Crippen molar-refractivity contribution in [3.63, 3.8) is 0 Å². The molecule has 1 aliphatic heterocycles. The van der Waals surface area contributed by atoms with E-state index in [0.717, 1.165) is 24.1 Å². The Hall–Kier alpha value is -4.24. The van der Waals surface area contributed by atoms with Crippen LogP contribution in [0.2, 0.25) is 0 Å². The number of aromatic nitrogens is 2. The standard InChI is InChI=1S/C28H33N7O2/c1-18(36)32-25-16-20(6-9-23(25)28(37)35-14-12-22(13-15-35)34(2)3)24(30)10-11-27-31-17-26(33-27)19-4-7-21(29)8-5-19/h4-11,16-17,22,30H,12-15,29H2,1-3H3,(H,31,33)(H,32,36)/b11-10-,30-24?.